The average molecular weight is 452 g/mol. The third kappa shape index (κ3) is 5.59. The molecule has 8 heteroatoms. The number of aryl methyl sites for hydroxylation is 1. The van der Waals surface area contributed by atoms with Crippen LogP contribution in [0.3, 0.4) is 0 Å². The molecular formula is C15H25IN4O2S. The summed E-state index contributed by atoms with van der Waals surface area (Å²) in [5, 5.41) is 3.37. The summed E-state index contributed by atoms with van der Waals surface area (Å²) in [5.41, 5.74) is 2.91. The minimum atomic E-state index is -0.0963. The molecule has 1 saturated heterocycles. The zero-order chi connectivity index (χ0) is 15.9. The summed E-state index contributed by atoms with van der Waals surface area (Å²) in [5.74, 6) is 0.681. The van der Waals surface area contributed by atoms with Crippen molar-refractivity contribution in [3.05, 3.63) is 16.1 Å². The number of likely N-dealkylation sites (tertiary alicyclic amines) is 1. The topological polar surface area (TPSA) is 66.8 Å². The summed E-state index contributed by atoms with van der Waals surface area (Å²) < 4.78 is 5.15. The average Bonchev–Trinajstić information content (AvgIpc) is 2.94. The first-order chi connectivity index (χ1) is 10.7. The first-order valence-corrected chi connectivity index (χ1v) is 8.54. The molecule has 1 fully saturated rings. The van der Waals surface area contributed by atoms with Crippen molar-refractivity contribution in [1.29, 1.82) is 0 Å². The Morgan fingerprint density at radius 3 is 3.00 bits per heavy atom. The molecule has 1 atom stereocenters. The van der Waals surface area contributed by atoms with Gasteiger partial charge in [0.2, 0.25) is 0 Å². The van der Waals surface area contributed by atoms with Crippen LogP contribution in [0.1, 0.15) is 30.3 Å². The lowest BCUT2D eigenvalue weighted by Gasteiger charge is -2.33. The number of rotatable bonds is 4. The molecule has 1 aromatic heterocycles. The first-order valence-electron chi connectivity index (χ1n) is 7.66. The normalized spacial score (nSPS) is 18.3. The number of nitrogens with one attached hydrogen (secondary N) is 1. The fourth-order valence-corrected chi connectivity index (χ4v) is 3.33. The lowest BCUT2D eigenvalue weighted by Crippen LogP contribution is -2.48. The molecule has 130 valence electrons. The summed E-state index contributed by atoms with van der Waals surface area (Å²) in [7, 11) is 1.77. The number of thiazole rings is 1. The lowest BCUT2D eigenvalue weighted by molar-refractivity contribution is -0.149. The third-order valence-corrected chi connectivity index (χ3v) is 4.74. The molecule has 2 heterocycles. The quantitative estimate of drug-likeness (QED) is 0.329. The molecule has 1 N–H and O–H groups in total. The summed E-state index contributed by atoms with van der Waals surface area (Å²) in [6, 6.07) is 0. The second-order valence-corrected chi connectivity index (χ2v) is 6.24. The Morgan fingerprint density at radius 2 is 2.39 bits per heavy atom. The monoisotopic (exact) mass is 452 g/mol. The predicted octanol–water partition coefficient (Wildman–Crippen LogP) is 2.42. The van der Waals surface area contributed by atoms with Gasteiger partial charge in [0, 0.05) is 25.0 Å². The van der Waals surface area contributed by atoms with E-state index in [2.05, 4.69) is 20.2 Å². The maximum atomic E-state index is 11.9. The fourth-order valence-electron chi connectivity index (χ4n) is 2.61. The van der Waals surface area contributed by atoms with E-state index in [1.54, 1.807) is 18.4 Å². The molecule has 0 aliphatic carbocycles. The predicted molar refractivity (Wildman–Crippen MR) is 103 cm³/mol. The maximum absolute atomic E-state index is 11.9. The third-order valence-electron chi connectivity index (χ3n) is 3.80. The van der Waals surface area contributed by atoms with E-state index in [-0.39, 0.29) is 35.9 Å². The van der Waals surface area contributed by atoms with Crippen LogP contribution in [0.2, 0.25) is 0 Å². The summed E-state index contributed by atoms with van der Waals surface area (Å²) in [6.07, 6.45) is 1.87. The van der Waals surface area contributed by atoms with E-state index >= 15 is 0 Å². The Morgan fingerprint density at radius 1 is 1.61 bits per heavy atom. The molecule has 23 heavy (non-hydrogen) atoms. The van der Waals surface area contributed by atoms with Crippen LogP contribution >= 0.6 is 35.3 Å². The van der Waals surface area contributed by atoms with E-state index in [1.807, 2.05) is 19.4 Å². The highest BCUT2D eigenvalue weighted by atomic mass is 127. The molecule has 0 spiro atoms. The second-order valence-electron chi connectivity index (χ2n) is 5.30. The smallest absolute Gasteiger partial charge is 0.310 e. The van der Waals surface area contributed by atoms with Gasteiger partial charge in [-0.05, 0) is 26.7 Å². The molecule has 0 bridgehead atoms. The number of hydrogen-bond acceptors (Lipinski definition) is 5. The fraction of sp³-hybridized carbons (Fsp3) is 0.667. The Kier molecular flexibility index (Phi) is 8.82. The number of nitrogens with zero attached hydrogens (tertiary/aromatic N) is 3. The van der Waals surface area contributed by atoms with Gasteiger partial charge in [0.15, 0.2) is 5.96 Å². The molecule has 2 rings (SSSR count). The van der Waals surface area contributed by atoms with Crippen molar-refractivity contribution in [2.24, 2.45) is 10.9 Å². The summed E-state index contributed by atoms with van der Waals surface area (Å²) in [6.45, 7) is 6.58. The van der Waals surface area contributed by atoms with E-state index in [0.717, 1.165) is 31.0 Å². The molecular weight excluding hydrogens is 427 g/mol. The number of guanidine groups is 1. The molecule has 1 unspecified atom stereocenters. The number of esters is 1. The Balaban J connectivity index is 0.00000264. The van der Waals surface area contributed by atoms with Crippen LogP contribution in [0.25, 0.3) is 0 Å². The highest BCUT2D eigenvalue weighted by molar-refractivity contribution is 14.0. The molecule has 0 saturated carbocycles. The van der Waals surface area contributed by atoms with Crippen LogP contribution < -0.4 is 5.32 Å². The SMILES string of the molecule is CCOC(=O)C1CCCN(C(=NC)NCc2scnc2C)C1.I. The number of halogens is 1. The Hall–Kier alpha value is -0.900. The van der Waals surface area contributed by atoms with Gasteiger partial charge in [-0.1, -0.05) is 0 Å². The molecule has 1 aliphatic heterocycles. The van der Waals surface area contributed by atoms with Gasteiger partial charge >= 0.3 is 5.97 Å². The van der Waals surface area contributed by atoms with Gasteiger partial charge in [-0.25, -0.2) is 4.98 Å². The van der Waals surface area contributed by atoms with Crippen molar-refractivity contribution in [3.63, 3.8) is 0 Å². The zero-order valence-electron chi connectivity index (χ0n) is 13.9. The Bertz CT molecular complexity index is 535. The minimum absolute atomic E-state index is 0. The van der Waals surface area contributed by atoms with Gasteiger partial charge in [0.05, 0.1) is 30.3 Å². The van der Waals surface area contributed by atoms with Crippen LogP contribution in [0, 0.1) is 12.8 Å². The zero-order valence-corrected chi connectivity index (χ0v) is 17.0. The van der Waals surface area contributed by atoms with Crippen molar-refractivity contribution in [3.8, 4) is 0 Å². The van der Waals surface area contributed by atoms with Crippen LogP contribution in [0.5, 0.6) is 0 Å². The van der Waals surface area contributed by atoms with Crippen LogP contribution in [0.15, 0.2) is 10.5 Å². The standard InChI is InChI=1S/C15H24N4O2S.HI/c1-4-21-14(20)12-6-5-7-19(9-12)15(16-3)17-8-13-11(2)18-10-22-13;/h10,12H,4-9H2,1-3H3,(H,16,17);1H. The molecule has 1 aromatic rings. The molecule has 1 aliphatic rings. The van der Waals surface area contributed by atoms with E-state index < -0.39 is 0 Å². The van der Waals surface area contributed by atoms with Crippen molar-refractivity contribution in [2.45, 2.75) is 33.2 Å². The number of ether oxygens (including phenoxy) is 1. The van der Waals surface area contributed by atoms with Crippen molar-refractivity contribution in [2.75, 3.05) is 26.7 Å². The minimum Gasteiger partial charge on any atom is -0.466 e. The number of carbonyl (C=O) groups is 1. The molecule has 0 amide bonds. The second kappa shape index (κ2) is 10.1. The van der Waals surface area contributed by atoms with E-state index in [0.29, 0.717) is 19.7 Å². The van der Waals surface area contributed by atoms with Crippen molar-refractivity contribution < 1.29 is 9.53 Å². The largest absolute Gasteiger partial charge is 0.466 e. The number of piperidine rings is 1. The number of aliphatic imine (C=N–C) groups is 1. The van der Waals surface area contributed by atoms with Crippen molar-refractivity contribution >= 4 is 47.2 Å². The molecule has 6 nitrogen and oxygen atoms in total. The van der Waals surface area contributed by atoms with Crippen LogP contribution in [-0.2, 0) is 16.1 Å². The summed E-state index contributed by atoms with van der Waals surface area (Å²) in [4.78, 5) is 23.9. The van der Waals surface area contributed by atoms with Gasteiger partial charge in [-0.3, -0.25) is 9.79 Å². The van der Waals surface area contributed by atoms with Gasteiger partial charge < -0.3 is 15.0 Å². The number of carbonyl (C=O) groups excluding carboxylic acids is 1. The highest BCUT2D eigenvalue weighted by Gasteiger charge is 2.28. The maximum Gasteiger partial charge on any atom is 0.310 e. The first kappa shape index (κ1) is 20.1. The number of hydrogen-bond donors (Lipinski definition) is 1. The van der Waals surface area contributed by atoms with Crippen LogP contribution in [0.4, 0.5) is 0 Å². The van der Waals surface area contributed by atoms with Crippen molar-refractivity contribution in [1.82, 2.24) is 15.2 Å². The van der Waals surface area contributed by atoms with Gasteiger partial charge in [-0.2, -0.15) is 0 Å². The lowest BCUT2D eigenvalue weighted by atomic mass is 9.98. The van der Waals surface area contributed by atoms with Gasteiger partial charge in [0.25, 0.3) is 0 Å². The molecule has 0 aromatic carbocycles. The van der Waals surface area contributed by atoms with Gasteiger partial charge in [0.1, 0.15) is 0 Å². The highest BCUT2D eigenvalue weighted by Crippen LogP contribution is 2.18. The van der Waals surface area contributed by atoms with Gasteiger partial charge in [-0.15, -0.1) is 35.3 Å². The van der Waals surface area contributed by atoms with E-state index in [1.165, 1.54) is 4.88 Å². The van der Waals surface area contributed by atoms with Crippen LogP contribution in [-0.4, -0.2) is 48.6 Å². The van der Waals surface area contributed by atoms with E-state index in [9.17, 15) is 4.79 Å². The molecule has 0 radical (unpaired) electrons. The van der Waals surface area contributed by atoms with E-state index in [4.69, 9.17) is 4.74 Å². The Labute approximate surface area is 158 Å². The summed E-state index contributed by atoms with van der Waals surface area (Å²) >= 11 is 1.64. The number of aromatic nitrogens is 1.